The zero-order chi connectivity index (χ0) is 11.3. The van der Waals surface area contributed by atoms with Crippen molar-refractivity contribution in [2.24, 2.45) is 7.05 Å². The Morgan fingerprint density at radius 1 is 1.60 bits per heavy atom. The van der Waals surface area contributed by atoms with Gasteiger partial charge in [0, 0.05) is 12.9 Å². The van der Waals surface area contributed by atoms with E-state index < -0.39 is 10.0 Å². The number of hydrogen-bond acceptors (Lipinski definition) is 4. The smallest absolute Gasteiger partial charge is 0.212 e. The first-order valence-corrected chi connectivity index (χ1v) is 6.60. The van der Waals surface area contributed by atoms with Crippen molar-refractivity contribution in [2.75, 3.05) is 11.6 Å². The van der Waals surface area contributed by atoms with Gasteiger partial charge in [0.2, 0.25) is 10.0 Å². The van der Waals surface area contributed by atoms with Gasteiger partial charge in [0.1, 0.15) is 6.33 Å². The van der Waals surface area contributed by atoms with Crippen LogP contribution in [0.5, 0.6) is 0 Å². The number of halogens is 1. The molecule has 8 heteroatoms. The van der Waals surface area contributed by atoms with Crippen LogP contribution in [0.1, 0.15) is 12.2 Å². The standard InChI is InChI=1S/C7H13ClN4O2S/c1-12-6-9-7(11-12)5-10-15(13,14)4-2-3-8/h6,10H,2-5H2,1H3. The quantitative estimate of drug-likeness (QED) is 0.715. The van der Waals surface area contributed by atoms with Gasteiger partial charge in [-0.3, -0.25) is 4.68 Å². The molecule has 0 aromatic carbocycles. The van der Waals surface area contributed by atoms with Crippen LogP contribution in [0.4, 0.5) is 0 Å². The summed E-state index contributed by atoms with van der Waals surface area (Å²) in [5.74, 6) is 0.818. The molecule has 0 bridgehead atoms. The maximum atomic E-state index is 11.3. The monoisotopic (exact) mass is 252 g/mol. The molecule has 0 fully saturated rings. The van der Waals surface area contributed by atoms with Gasteiger partial charge >= 0.3 is 0 Å². The van der Waals surface area contributed by atoms with Gasteiger partial charge in [-0.1, -0.05) is 0 Å². The van der Waals surface area contributed by atoms with Crippen LogP contribution in [0.15, 0.2) is 6.33 Å². The Hall–Kier alpha value is -0.660. The number of aromatic nitrogens is 3. The molecule has 1 aromatic heterocycles. The minimum Gasteiger partial charge on any atom is -0.256 e. The second-order valence-electron chi connectivity index (χ2n) is 3.02. The van der Waals surface area contributed by atoms with Crippen LogP contribution < -0.4 is 4.72 Å². The summed E-state index contributed by atoms with van der Waals surface area (Å²) in [7, 11) is -1.54. The van der Waals surface area contributed by atoms with Crippen molar-refractivity contribution in [3.8, 4) is 0 Å². The number of rotatable bonds is 6. The molecule has 1 rings (SSSR count). The van der Waals surface area contributed by atoms with Crippen molar-refractivity contribution < 1.29 is 8.42 Å². The average molecular weight is 253 g/mol. The van der Waals surface area contributed by atoms with Crippen LogP contribution in [-0.2, 0) is 23.6 Å². The molecule has 1 aromatic rings. The van der Waals surface area contributed by atoms with Crippen LogP contribution >= 0.6 is 11.6 Å². The molecule has 0 aliphatic heterocycles. The van der Waals surface area contributed by atoms with Crippen molar-refractivity contribution in [3.63, 3.8) is 0 Å². The molecule has 0 aliphatic rings. The Bertz CT molecular complexity index is 403. The van der Waals surface area contributed by atoms with Crippen LogP contribution in [0.2, 0.25) is 0 Å². The summed E-state index contributed by atoms with van der Waals surface area (Å²) in [5, 5.41) is 3.95. The third-order valence-electron chi connectivity index (χ3n) is 1.64. The van der Waals surface area contributed by atoms with Crippen molar-refractivity contribution in [3.05, 3.63) is 12.2 Å². The molecule has 0 aliphatic carbocycles. The van der Waals surface area contributed by atoms with Crippen LogP contribution in [0.25, 0.3) is 0 Å². The van der Waals surface area contributed by atoms with E-state index in [0.29, 0.717) is 18.1 Å². The molecule has 0 spiro atoms. The Kier molecular flexibility index (Phi) is 4.49. The highest BCUT2D eigenvalue weighted by atomic mass is 35.5. The van der Waals surface area contributed by atoms with Gasteiger partial charge in [0.15, 0.2) is 5.82 Å². The third kappa shape index (κ3) is 4.59. The fourth-order valence-electron chi connectivity index (χ4n) is 0.956. The normalized spacial score (nSPS) is 11.9. The largest absolute Gasteiger partial charge is 0.256 e. The Labute approximate surface area is 93.7 Å². The lowest BCUT2D eigenvalue weighted by Gasteiger charge is -2.02. The Morgan fingerprint density at radius 3 is 2.87 bits per heavy atom. The number of nitrogens with zero attached hydrogens (tertiary/aromatic N) is 3. The first-order valence-electron chi connectivity index (χ1n) is 4.41. The van der Waals surface area contributed by atoms with Gasteiger partial charge in [0.05, 0.1) is 12.3 Å². The van der Waals surface area contributed by atoms with E-state index in [-0.39, 0.29) is 12.3 Å². The predicted octanol–water partition coefficient (Wildman–Crippen LogP) is -0.137. The summed E-state index contributed by atoms with van der Waals surface area (Å²) in [6, 6.07) is 0. The third-order valence-corrected chi connectivity index (χ3v) is 3.32. The maximum absolute atomic E-state index is 11.3. The summed E-state index contributed by atoms with van der Waals surface area (Å²) in [5.41, 5.74) is 0. The van der Waals surface area contributed by atoms with Gasteiger partial charge in [-0.05, 0) is 6.42 Å². The highest BCUT2D eigenvalue weighted by Crippen LogP contribution is 1.94. The molecule has 1 heterocycles. The molecule has 0 unspecified atom stereocenters. The van der Waals surface area contributed by atoms with E-state index in [1.807, 2.05) is 0 Å². The second-order valence-corrected chi connectivity index (χ2v) is 5.32. The molecule has 6 nitrogen and oxygen atoms in total. The molecule has 0 amide bonds. The van der Waals surface area contributed by atoms with Crippen LogP contribution in [-0.4, -0.2) is 34.8 Å². The van der Waals surface area contributed by atoms with Gasteiger partial charge in [-0.2, -0.15) is 5.10 Å². The van der Waals surface area contributed by atoms with Gasteiger partial charge in [-0.25, -0.2) is 18.1 Å². The van der Waals surface area contributed by atoms with E-state index in [9.17, 15) is 8.42 Å². The summed E-state index contributed by atoms with van der Waals surface area (Å²) in [6.45, 7) is 0.117. The zero-order valence-electron chi connectivity index (χ0n) is 8.35. The highest BCUT2D eigenvalue weighted by molar-refractivity contribution is 7.89. The lowest BCUT2D eigenvalue weighted by atomic mass is 10.6. The Morgan fingerprint density at radius 2 is 2.33 bits per heavy atom. The van der Waals surface area contributed by atoms with Gasteiger partial charge in [0.25, 0.3) is 0 Å². The minimum atomic E-state index is -3.26. The Balaban J connectivity index is 2.42. The summed E-state index contributed by atoms with van der Waals surface area (Å²) >= 11 is 5.41. The molecule has 0 radical (unpaired) electrons. The molecule has 15 heavy (non-hydrogen) atoms. The van der Waals surface area contributed by atoms with Crippen molar-refractivity contribution in [1.29, 1.82) is 0 Å². The molecule has 0 saturated heterocycles. The fourth-order valence-corrected chi connectivity index (χ4v) is 2.27. The van der Waals surface area contributed by atoms with Crippen molar-refractivity contribution in [2.45, 2.75) is 13.0 Å². The molecular formula is C7H13ClN4O2S. The number of hydrogen-bond donors (Lipinski definition) is 1. The molecule has 0 atom stereocenters. The van der Waals surface area contributed by atoms with Crippen molar-refractivity contribution in [1.82, 2.24) is 19.5 Å². The SMILES string of the molecule is Cn1cnc(CNS(=O)(=O)CCCCl)n1. The first-order chi connectivity index (χ1) is 7.03. The number of sulfonamides is 1. The summed E-state index contributed by atoms with van der Waals surface area (Å²) < 4.78 is 26.6. The predicted molar refractivity (Wildman–Crippen MR) is 57.0 cm³/mol. The summed E-state index contributed by atoms with van der Waals surface area (Å²) in [6.07, 6.45) is 1.95. The molecule has 86 valence electrons. The highest BCUT2D eigenvalue weighted by Gasteiger charge is 2.10. The van der Waals surface area contributed by atoms with E-state index in [2.05, 4.69) is 14.8 Å². The molecule has 0 saturated carbocycles. The number of nitrogens with one attached hydrogen (secondary N) is 1. The van der Waals surface area contributed by atoms with E-state index in [4.69, 9.17) is 11.6 Å². The lowest BCUT2D eigenvalue weighted by molar-refractivity contribution is 0.577. The lowest BCUT2D eigenvalue weighted by Crippen LogP contribution is -2.26. The van der Waals surface area contributed by atoms with E-state index in [1.54, 1.807) is 7.05 Å². The molecule has 1 N–H and O–H groups in total. The maximum Gasteiger partial charge on any atom is 0.212 e. The van der Waals surface area contributed by atoms with Crippen LogP contribution in [0.3, 0.4) is 0 Å². The van der Waals surface area contributed by atoms with Crippen molar-refractivity contribution >= 4 is 21.6 Å². The fraction of sp³-hybridized carbons (Fsp3) is 0.714. The zero-order valence-corrected chi connectivity index (χ0v) is 9.92. The first kappa shape index (κ1) is 12.4. The van der Waals surface area contributed by atoms with Gasteiger partial charge in [-0.15, -0.1) is 11.6 Å². The average Bonchev–Trinajstić information content (AvgIpc) is 2.59. The minimum absolute atomic E-state index is 0.0311. The van der Waals surface area contributed by atoms with E-state index >= 15 is 0 Å². The second kappa shape index (κ2) is 5.43. The number of aryl methyl sites for hydroxylation is 1. The van der Waals surface area contributed by atoms with E-state index in [0.717, 1.165) is 0 Å². The van der Waals surface area contributed by atoms with Crippen LogP contribution in [0, 0.1) is 0 Å². The topological polar surface area (TPSA) is 76.9 Å². The van der Waals surface area contributed by atoms with E-state index in [1.165, 1.54) is 11.0 Å². The number of alkyl halides is 1. The summed E-state index contributed by atoms with van der Waals surface area (Å²) in [4.78, 5) is 3.90. The van der Waals surface area contributed by atoms with Gasteiger partial charge < -0.3 is 0 Å². The molecular weight excluding hydrogens is 240 g/mol.